The molecule has 0 saturated carbocycles. The zero-order valence-electron chi connectivity index (χ0n) is 10.5. The van der Waals surface area contributed by atoms with E-state index in [1.165, 1.54) is 16.1 Å². The maximum absolute atomic E-state index is 5.84. The first kappa shape index (κ1) is 12.9. The average molecular weight is 295 g/mol. The fraction of sp³-hybridized carbons (Fsp3) is 0.357. The lowest BCUT2D eigenvalue weighted by molar-refractivity contribution is 0.122. The summed E-state index contributed by atoms with van der Waals surface area (Å²) in [7, 11) is 0. The van der Waals surface area contributed by atoms with Crippen LogP contribution >= 0.6 is 22.9 Å². The fourth-order valence-corrected chi connectivity index (χ4v) is 3.22. The van der Waals surface area contributed by atoms with Crippen molar-refractivity contribution >= 4 is 28.6 Å². The van der Waals surface area contributed by atoms with Crippen molar-refractivity contribution in [2.24, 2.45) is 0 Å². The highest BCUT2D eigenvalue weighted by atomic mass is 35.5. The van der Waals surface area contributed by atoms with E-state index in [9.17, 15) is 0 Å². The van der Waals surface area contributed by atoms with E-state index < -0.39 is 0 Å². The highest BCUT2D eigenvalue weighted by Crippen LogP contribution is 2.22. The van der Waals surface area contributed by atoms with Crippen molar-refractivity contribution in [3.05, 3.63) is 45.4 Å². The largest absolute Gasteiger partial charge is 0.378 e. The second-order valence-electron chi connectivity index (χ2n) is 4.52. The van der Waals surface area contributed by atoms with E-state index >= 15 is 0 Å². The SMILES string of the molecule is Clc1ncc(Cc2ccc(N3CCOCC3)cc2)s1. The van der Waals surface area contributed by atoms with Gasteiger partial charge in [0, 0.05) is 36.3 Å². The van der Waals surface area contributed by atoms with Crippen LogP contribution < -0.4 is 4.90 Å². The number of benzene rings is 1. The third kappa shape index (κ3) is 3.26. The molecule has 1 aromatic carbocycles. The van der Waals surface area contributed by atoms with Crippen LogP contribution in [0.2, 0.25) is 4.47 Å². The van der Waals surface area contributed by atoms with Crippen LogP contribution in [0.1, 0.15) is 10.4 Å². The van der Waals surface area contributed by atoms with Gasteiger partial charge >= 0.3 is 0 Å². The van der Waals surface area contributed by atoms with Gasteiger partial charge < -0.3 is 9.64 Å². The van der Waals surface area contributed by atoms with Crippen molar-refractivity contribution in [3.8, 4) is 0 Å². The molecule has 0 radical (unpaired) electrons. The van der Waals surface area contributed by atoms with Gasteiger partial charge in [-0.3, -0.25) is 0 Å². The van der Waals surface area contributed by atoms with Gasteiger partial charge in [0.15, 0.2) is 4.47 Å². The summed E-state index contributed by atoms with van der Waals surface area (Å²) in [5.41, 5.74) is 2.56. The Morgan fingerprint density at radius 3 is 2.58 bits per heavy atom. The number of hydrogen-bond acceptors (Lipinski definition) is 4. The maximum atomic E-state index is 5.84. The van der Waals surface area contributed by atoms with Crippen LogP contribution in [-0.4, -0.2) is 31.3 Å². The van der Waals surface area contributed by atoms with E-state index in [1.54, 1.807) is 11.3 Å². The van der Waals surface area contributed by atoms with Crippen molar-refractivity contribution in [2.75, 3.05) is 31.2 Å². The second-order valence-corrected chi connectivity index (χ2v) is 6.22. The summed E-state index contributed by atoms with van der Waals surface area (Å²) < 4.78 is 5.98. The van der Waals surface area contributed by atoms with Gasteiger partial charge in [-0.2, -0.15) is 0 Å². The fourth-order valence-electron chi connectivity index (χ4n) is 2.21. The van der Waals surface area contributed by atoms with Crippen LogP contribution in [0.25, 0.3) is 0 Å². The monoisotopic (exact) mass is 294 g/mol. The Morgan fingerprint density at radius 2 is 1.95 bits per heavy atom. The van der Waals surface area contributed by atoms with Crippen molar-refractivity contribution in [1.29, 1.82) is 0 Å². The first-order valence-electron chi connectivity index (χ1n) is 6.33. The third-order valence-electron chi connectivity index (χ3n) is 3.22. The number of ether oxygens (including phenoxy) is 1. The highest BCUT2D eigenvalue weighted by Gasteiger charge is 2.10. The van der Waals surface area contributed by atoms with Crippen molar-refractivity contribution < 1.29 is 4.74 Å². The lowest BCUT2D eigenvalue weighted by Crippen LogP contribution is -2.36. The molecule has 0 unspecified atom stereocenters. The Labute approximate surface area is 121 Å². The number of aromatic nitrogens is 1. The molecule has 1 aromatic heterocycles. The first-order chi connectivity index (χ1) is 9.31. The topological polar surface area (TPSA) is 25.4 Å². The molecular weight excluding hydrogens is 280 g/mol. The van der Waals surface area contributed by atoms with Crippen molar-refractivity contribution in [2.45, 2.75) is 6.42 Å². The molecule has 2 heterocycles. The molecule has 0 N–H and O–H groups in total. The van der Waals surface area contributed by atoms with E-state index in [4.69, 9.17) is 16.3 Å². The lowest BCUT2D eigenvalue weighted by atomic mass is 10.1. The Kier molecular flexibility index (Phi) is 4.01. The van der Waals surface area contributed by atoms with Gasteiger partial charge in [-0.15, -0.1) is 11.3 Å². The third-order valence-corrected chi connectivity index (χ3v) is 4.33. The number of halogens is 1. The standard InChI is InChI=1S/C14H15ClN2OS/c15-14-16-10-13(19-14)9-11-1-3-12(4-2-11)17-5-7-18-8-6-17/h1-4,10H,5-9H2. The molecule has 1 saturated heterocycles. The Balaban J connectivity index is 1.68. The normalized spacial score (nSPS) is 15.7. The second kappa shape index (κ2) is 5.90. The molecule has 3 nitrogen and oxygen atoms in total. The Morgan fingerprint density at radius 1 is 1.21 bits per heavy atom. The summed E-state index contributed by atoms with van der Waals surface area (Å²) in [6, 6.07) is 8.73. The molecule has 0 amide bonds. The lowest BCUT2D eigenvalue weighted by Gasteiger charge is -2.28. The molecule has 5 heteroatoms. The Bertz CT molecular complexity index is 535. The summed E-state index contributed by atoms with van der Waals surface area (Å²) >= 11 is 7.38. The molecule has 1 aliphatic rings. The van der Waals surface area contributed by atoms with Crippen molar-refractivity contribution in [1.82, 2.24) is 4.98 Å². The van der Waals surface area contributed by atoms with E-state index in [2.05, 4.69) is 34.1 Å². The van der Waals surface area contributed by atoms with Crippen LogP contribution in [0, 0.1) is 0 Å². The molecule has 100 valence electrons. The van der Waals surface area contributed by atoms with E-state index in [0.717, 1.165) is 32.7 Å². The highest BCUT2D eigenvalue weighted by molar-refractivity contribution is 7.15. The number of morpholine rings is 1. The van der Waals surface area contributed by atoms with Crippen LogP contribution in [0.15, 0.2) is 30.5 Å². The zero-order chi connectivity index (χ0) is 13.1. The van der Waals surface area contributed by atoms with E-state index in [-0.39, 0.29) is 0 Å². The summed E-state index contributed by atoms with van der Waals surface area (Å²) in [5, 5.41) is 0. The summed E-state index contributed by atoms with van der Waals surface area (Å²) in [4.78, 5) is 7.62. The predicted octanol–water partition coefficient (Wildman–Crippen LogP) is 3.22. The molecule has 19 heavy (non-hydrogen) atoms. The van der Waals surface area contributed by atoms with Gasteiger partial charge in [0.1, 0.15) is 0 Å². The molecule has 0 spiro atoms. The quantitative estimate of drug-likeness (QED) is 0.869. The van der Waals surface area contributed by atoms with E-state index in [0.29, 0.717) is 4.47 Å². The minimum absolute atomic E-state index is 0.611. The number of rotatable bonds is 3. The minimum Gasteiger partial charge on any atom is -0.378 e. The summed E-state index contributed by atoms with van der Waals surface area (Å²) in [6.07, 6.45) is 2.75. The number of nitrogens with zero attached hydrogens (tertiary/aromatic N) is 2. The molecule has 0 aliphatic carbocycles. The van der Waals surface area contributed by atoms with E-state index in [1.807, 2.05) is 6.20 Å². The average Bonchev–Trinajstić information content (AvgIpc) is 2.86. The maximum Gasteiger partial charge on any atom is 0.183 e. The van der Waals surface area contributed by atoms with Crippen molar-refractivity contribution in [3.63, 3.8) is 0 Å². The van der Waals surface area contributed by atoms with Gasteiger partial charge in [-0.25, -0.2) is 4.98 Å². The van der Waals surface area contributed by atoms with Gasteiger partial charge in [-0.05, 0) is 17.7 Å². The van der Waals surface area contributed by atoms with Crippen LogP contribution in [0.3, 0.4) is 0 Å². The molecule has 0 atom stereocenters. The minimum atomic E-state index is 0.611. The molecule has 1 aliphatic heterocycles. The predicted molar refractivity (Wildman–Crippen MR) is 79.4 cm³/mol. The molecule has 1 fully saturated rings. The van der Waals surface area contributed by atoms with Gasteiger partial charge in [-0.1, -0.05) is 23.7 Å². The van der Waals surface area contributed by atoms with Crippen LogP contribution in [-0.2, 0) is 11.2 Å². The molecule has 2 aromatic rings. The first-order valence-corrected chi connectivity index (χ1v) is 7.52. The molecule has 3 rings (SSSR count). The van der Waals surface area contributed by atoms with Gasteiger partial charge in [0.2, 0.25) is 0 Å². The summed E-state index contributed by atoms with van der Waals surface area (Å²) in [6.45, 7) is 3.59. The zero-order valence-corrected chi connectivity index (χ0v) is 12.1. The smallest absolute Gasteiger partial charge is 0.183 e. The Hall–Kier alpha value is -1.10. The van der Waals surface area contributed by atoms with Crippen LogP contribution in [0.5, 0.6) is 0 Å². The van der Waals surface area contributed by atoms with Gasteiger partial charge in [0.25, 0.3) is 0 Å². The van der Waals surface area contributed by atoms with Gasteiger partial charge in [0.05, 0.1) is 13.2 Å². The number of thiazole rings is 1. The molecule has 0 bridgehead atoms. The number of anilines is 1. The molecular formula is C14H15ClN2OS. The number of hydrogen-bond donors (Lipinski definition) is 0. The summed E-state index contributed by atoms with van der Waals surface area (Å²) in [5.74, 6) is 0. The van der Waals surface area contributed by atoms with Crippen LogP contribution in [0.4, 0.5) is 5.69 Å².